The van der Waals surface area contributed by atoms with Crippen molar-refractivity contribution < 1.29 is 9.90 Å². The van der Waals surface area contributed by atoms with Gasteiger partial charge in [-0.15, -0.1) is 0 Å². The highest BCUT2D eigenvalue weighted by atomic mass is 32.1. The largest absolute Gasteiger partial charge is 0.478 e. The lowest BCUT2D eigenvalue weighted by atomic mass is 10.2. The molecule has 1 aliphatic heterocycles. The first-order valence-electron chi connectivity index (χ1n) is 7.74. The molecule has 1 saturated heterocycles. The Labute approximate surface area is 143 Å². The van der Waals surface area contributed by atoms with Crippen molar-refractivity contribution in [2.75, 3.05) is 36.0 Å². The molecule has 1 aliphatic rings. The van der Waals surface area contributed by atoms with E-state index in [2.05, 4.69) is 25.8 Å². The first-order chi connectivity index (χ1) is 11.7. The Morgan fingerprint density at radius 2 is 1.92 bits per heavy atom. The third kappa shape index (κ3) is 2.78. The molecule has 3 aromatic rings. The molecule has 2 aromatic heterocycles. The summed E-state index contributed by atoms with van der Waals surface area (Å²) < 4.78 is 0.916. The second kappa shape index (κ2) is 6.09. The van der Waals surface area contributed by atoms with Crippen molar-refractivity contribution in [3.05, 3.63) is 48.3 Å². The van der Waals surface area contributed by atoms with Gasteiger partial charge < -0.3 is 14.9 Å². The lowest BCUT2D eigenvalue weighted by Crippen LogP contribution is -2.46. The number of nitrogens with zero attached hydrogens (tertiary/aromatic N) is 4. The van der Waals surface area contributed by atoms with Gasteiger partial charge in [-0.1, -0.05) is 11.3 Å². The Morgan fingerprint density at radius 1 is 1.12 bits per heavy atom. The van der Waals surface area contributed by atoms with E-state index in [9.17, 15) is 4.79 Å². The average Bonchev–Trinajstić information content (AvgIpc) is 3.06. The molecule has 0 spiro atoms. The summed E-state index contributed by atoms with van der Waals surface area (Å²) in [5.74, 6) is -0.906. The number of aromatic nitrogens is 2. The van der Waals surface area contributed by atoms with Gasteiger partial charge in [-0.2, -0.15) is 0 Å². The van der Waals surface area contributed by atoms with E-state index >= 15 is 0 Å². The topological polar surface area (TPSA) is 69.6 Å². The number of carboxylic acids is 1. The van der Waals surface area contributed by atoms with Crippen LogP contribution >= 0.6 is 11.3 Å². The van der Waals surface area contributed by atoms with E-state index in [0.29, 0.717) is 5.56 Å². The first kappa shape index (κ1) is 14.9. The molecule has 1 aromatic carbocycles. The SMILES string of the molecule is O=C(O)c1ccc2nc(N3CCN(c4cccnc4)CC3)sc2c1. The molecule has 0 unspecified atom stereocenters. The Morgan fingerprint density at radius 3 is 2.62 bits per heavy atom. The monoisotopic (exact) mass is 340 g/mol. The highest BCUT2D eigenvalue weighted by Crippen LogP contribution is 2.30. The second-order valence-electron chi connectivity index (χ2n) is 5.67. The number of carboxylic acid groups (broad SMARTS) is 1. The summed E-state index contributed by atoms with van der Waals surface area (Å²) in [5, 5.41) is 10.1. The predicted octanol–water partition coefficient (Wildman–Crippen LogP) is 2.72. The lowest BCUT2D eigenvalue weighted by Gasteiger charge is -2.35. The molecule has 7 heteroatoms. The van der Waals surface area contributed by atoms with Gasteiger partial charge in [0.05, 0.1) is 27.7 Å². The molecule has 0 atom stereocenters. The van der Waals surface area contributed by atoms with Crippen molar-refractivity contribution in [3.63, 3.8) is 0 Å². The smallest absolute Gasteiger partial charge is 0.335 e. The van der Waals surface area contributed by atoms with Gasteiger partial charge in [-0.25, -0.2) is 9.78 Å². The molecule has 0 amide bonds. The molecule has 6 nitrogen and oxygen atoms in total. The molecule has 0 radical (unpaired) electrons. The summed E-state index contributed by atoms with van der Waals surface area (Å²) in [7, 11) is 0. The van der Waals surface area contributed by atoms with Gasteiger partial charge in [0.1, 0.15) is 0 Å². The Kier molecular flexibility index (Phi) is 3.78. The van der Waals surface area contributed by atoms with Crippen molar-refractivity contribution in [3.8, 4) is 0 Å². The van der Waals surface area contributed by atoms with Crippen molar-refractivity contribution in [1.29, 1.82) is 0 Å². The number of hydrogen-bond donors (Lipinski definition) is 1. The van der Waals surface area contributed by atoms with Crippen LogP contribution in [0.4, 0.5) is 10.8 Å². The van der Waals surface area contributed by atoms with Crippen molar-refractivity contribution in [2.24, 2.45) is 0 Å². The van der Waals surface area contributed by atoms with Crippen LogP contribution in [-0.2, 0) is 0 Å². The molecule has 0 saturated carbocycles. The van der Waals surface area contributed by atoms with Gasteiger partial charge >= 0.3 is 5.97 Å². The van der Waals surface area contributed by atoms with Gasteiger partial charge in [0.25, 0.3) is 0 Å². The molecule has 3 heterocycles. The predicted molar refractivity (Wildman–Crippen MR) is 95.2 cm³/mol. The number of piperazine rings is 1. The van der Waals surface area contributed by atoms with Gasteiger partial charge in [0, 0.05) is 32.4 Å². The average molecular weight is 340 g/mol. The molecular formula is C17H16N4O2S. The van der Waals surface area contributed by atoms with Crippen LogP contribution in [0.15, 0.2) is 42.7 Å². The molecule has 1 fully saturated rings. The zero-order valence-corrected chi connectivity index (χ0v) is 13.7. The number of thiazole rings is 1. The van der Waals surface area contributed by atoms with Crippen molar-refractivity contribution in [2.45, 2.75) is 0 Å². The minimum atomic E-state index is -0.906. The van der Waals surface area contributed by atoms with E-state index in [1.807, 2.05) is 12.3 Å². The third-order valence-corrected chi connectivity index (χ3v) is 5.26. The number of benzene rings is 1. The number of hydrogen-bond acceptors (Lipinski definition) is 6. The van der Waals surface area contributed by atoms with Gasteiger partial charge in [0.2, 0.25) is 0 Å². The number of pyridine rings is 1. The quantitative estimate of drug-likeness (QED) is 0.791. The highest BCUT2D eigenvalue weighted by Gasteiger charge is 2.20. The fourth-order valence-corrected chi connectivity index (χ4v) is 3.93. The van der Waals surface area contributed by atoms with Gasteiger partial charge in [-0.05, 0) is 30.3 Å². The Bertz CT molecular complexity index is 873. The lowest BCUT2D eigenvalue weighted by molar-refractivity contribution is 0.0697. The van der Waals surface area contributed by atoms with Gasteiger partial charge in [0.15, 0.2) is 5.13 Å². The van der Waals surface area contributed by atoms with Gasteiger partial charge in [-0.3, -0.25) is 4.98 Å². The standard InChI is InChI=1S/C17H16N4O2S/c22-16(23)12-3-4-14-15(10-12)24-17(19-14)21-8-6-20(7-9-21)13-2-1-5-18-11-13/h1-5,10-11H,6-9H2,(H,22,23). The van der Waals surface area contributed by atoms with Crippen LogP contribution in [0.1, 0.15) is 10.4 Å². The minimum absolute atomic E-state index is 0.305. The molecule has 0 aliphatic carbocycles. The van der Waals surface area contributed by atoms with E-state index in [1.165, 1.54) is 0 Å². The van der Waals surface area contributed by atoms with Crippen molar-refractivity contribution in [1.82, 2.24) is 9.97 Å². The summed E-state index contributed by atoms with van der Waals surface area (Å²) in [6, 6.07) is 9.12. The minimum Gasteiger partial charge on any atom is -0.478 e. The normalized spacial score (nSPS) is 15.0. The van der Waals surface area contributed by atoms with Crippen LogP contribution in [0.2, 0.25) is 0 Å². The van der Waals surface area contributed by atoms with E-state index < -0.39 is 5.97 Å². The molecule has 4 rings (SSSR count). The highest BCUT2D eigenvalue weighted by molar-refractivity contribution is 7.22. The summed E-state index contributed by atoms with van der Waals surface area (Å²) in [6.45, 7) is 3.62. The molecule has 0 bridgehead atoms. The second-order valence-corrected chi connectivity index (χ2v) is 6.68. The van der Waals surface area contributed by atoms with Crippen LogP contribution in [0.25, 0.3) is 10.2 Å². The zero-order valence-electron chi connectivity index (χ0n) is 12.9. The van der Waals surface area contributed by atoms with E-state index in [0.717, 1.165) is 47.2 Å². The zero-order chi connectivity index (χ0) is 16.5. The van der Waals surface area contributed by atoms with E-state index in [4.69, 9.17) is 5.11 Å². The van der Waals surface area contributed by atoms with Crippen molar-refractivity contribution >= 4 is 38.3 Å². The molecule has 24 heavy (non-hydrogen) atoms. The number of rotatable bonds is 3. The van der Waals surface area contributed by atoms with Crippen LogP contribution < -0.4 is 9.80 Å². The fourth-order valence-electron chi connectivity index (χ4n) is 2.88. The van der Waals surface area contributed by atoms with Crippen LogP contribution in [0.3, 0.4) is 0 Å². The van der Waals surface area contributed by atoms with Crippen LogP contribution in [0.5, 0.6) is 0 Å². The Hall–Kier alpha value is -2.67. The third-order valence-electron chi connectivity index (χ3n) is 4.19. The maximum atomic E-state index is 11.1. The maximum absolute atomic E-state index is 11.1. The van der Waals surface area contributed by atoms with Crippen LogP contribution in [-0.4, -0.2) is 47.2 Å². The molecular weight excluding hydrogens is 324 g/mol. The summed E-state index contributed by atoms with van der Waals surface area (Å²) >= 11 is 1.55. The van der Waals surface area contributed by atoms with E-state index in [1.54, 1.807) is 35.7 Å². The summed E-state index contributed by atoms with van der Waals surface area (Å²) in [6.07, 6.45) is 3.67. The summed E-state index contributed by atoms with van der Waals surface area (Å²) in [5.41, 5.74) is 2.31. The van der Waals surface area contributed by atoms with E-state index in [-0.39, 0.29) is 0 Å². The molecule has 122 valence electrons. The fraction of sp³-hybridized carbons (Fsp3) is 0.235. The maximum Gasteiger partial charge on any atom is 0.335 e. The number of fused-ring (bicyclic) bond motifs is 1. The van der Waals surface area contributed by atoms with Crippen LogP contribution in [0, 0.1) is 0 Å². The molecule has 1 N–H and O–H groups in total. The summed E-state index contributed by atoms with van der Waals surface area (Å²) in [4.78, 5) is 24.5. The Balaban J connectivity index is 1.51. The first-order valence-corrected chi connectivity index (χ1v) is 8.56. The number of anilines is 2. The number of aromatic carboxylic acids is 1. The number of carbonyl (C=O) groups is 1.